The number of likely N-dealkylation sites (tertiary alicyclic amines) is 1. The van der Waals surface area contributed by atoms with Crippen molar-refractivity contribution in [2.24, 2.45) is 10.9 Å². The number of hydrogen-bond donors (Lipinski definition) is 2. The number of thioether (sulfide) groups is 1. The lowest BCUT2D eigenvalue weighted by molar-refractivity contribution is 0.124. The molecule has 0 aromatic heterocycles. The van der Waals surface area contributed by atoms with Crippen LogP contribution in [0.3, 0.4) is 0 Å². The molecule has 6 heteroatoms. The van der Waals surface area contributed by atoms with E-state index in [-0.39, 0.29) is 4.75 Å². The van der Waals surface area contributed by atoms with E-state index >= 15 is 0 Å². The third-order valence-electron chi connectivity index (χ3n) is 3.99. The van der Waals surface area contributed by atoms with Crippen molar-refractivity contribution >= 4 is 17.6 Å². The van der Waals surface area contributed by atoms with Gasteiger partial charge in [0.05, 0.1) is 11.4 Å². The molecule has 0 aromatic carbocycles. The second-order valence-electron chi connectivity index (χ2n) is 4.74. The van der Waals surface area contributed by atoms with E-state index in [0.29, 0.717) is 11.9 Å². The third kappa shape index (κ3) is 2.53. The Bertz CT molecular complexity index is 284. The first kappa shape index (κ1) is 13.0. The largest absolute Gasteiger partial charge is 0.409 e. The Hall–Kier alpha value is -0.460. The smallest absolute Gasteiger partial charge is 0.155 e. The van der Waals surface area contributed by atoms with Crippen LogP contribution in [0.4, 0.5) is 0 Å². The molecule has 2 heterocycles. The van der Waals surface area contributed by atoms with Gasteiger partial charge in [-0.15, -0.1) is 0 Å². The zero-order valence-corrected chi connectivity index (χ0v) is 11.1. The number of rotatable bonds is 3. The summed E-state index contributed by atoms with van der Waals surface area (Å²) in [6.45, 7) is 3.75. The molecule has 0 aromatic rings. The fourth-order valence-corrected chi connectivity index (χ4v) is 3.56. The first-order valence-corrected chi connectivity index (χ1v) is 7.29. The van der Waals surface area contributed by atoms with Crippen molar-refractivity contribution in [1.82, 2.24) is 4.90 Å². The summed E-state index contributed by atoms with van der Waals surface area (Å²) in [5, 5.41) is 12.1. The topological polar surface area (TPSA) is 71.1 Å². The Kier molecular flexibility index (Phi) is 4.17. The number of amidine groups is 1. The molecule has 1 unspecified atom stereocenters. The van der Waals surface area contributed by atoms with E-state index < -0.39 is 0 Å². The average Bonchev–Trinajstić information content (AvgIpc) is 2.91. The lowest BCUT2D eigenvalue weighted by Gasteiger charge is -2.41. The first-order chi connectivity index (χ1) is 8.22. The first-order valence-electron chi connectivity index (χ1n) is 6.07. The fourth-order valence-electron chi connectivity index (χ4n) is 2.72. The van der Waals surface area contributed by atoms with Gasteiger partial charge in [-0.3, -0.25) is 4.90 Å². The van der Waals surface area contributed by atoms with Gasteiger partial charge in [-0.1, -0.05) is 5.16 Å². The molecule has 2 aliphatic heterocycles. The Morgan fingerprint density at radius 1 is 1.53 bits per heavy atom. The molecule has 2 fully saturated rings. The van der Waals surface area contributed by atoms with Crippen LogP contribution in [-0.2, 0) is 4.74 Å². The number of nitrogens with zero attached hydrogens (tertiary/aromatic N) is 2. The van der Waals surface area contributed by atoms with Gasteiger partial charge in [0.1, 0.15) is 0 Å². The number of hydrogen-bond acceptors (Lipinski definition) is 5. The molecule has 1 atom stereocenters. The fraction of sp³-hybridized carbons (Fsp3) is 0.909. The number of nitrogens with two attached hydrogens (primary N) is 1. The number of ether oxygens (including phenoxy) is 1. The maximum absolute atomic E-state index is 8.88. The highest BCUT2D eigenvalue weighted by atomic mass is 32.2. The maximum Gasteiger partial charge on any atom is 0.155 e. The van der Waals surface area contributed by atoms with Gasteiger partial charge < -0.3 is 15.7 Å². The molecule has 0 bridgehead atoms. The summed E-state index contributed by atoms with van der Waals surface area (Å²) in [6, 6.07) is 0.571. The van der Waals surface area contributed by atoms with Crippen LogP contribution in [0.1, 0.15) is 19.3 Å². The predicted octanol–water partition coefficient (Wildman–Crippen LogP) is 0.719. The molecule has 0 saturated carbocycles. The molecule has 5 nitrogen and oxygen atoms in total. The monoisotopic (exact) mass is 259 g/mol. The number of piperidine rings is 1. The molecule has 17 heavy (non-hydrogen) atoms. The van der Waals surface area contributed by atoms with Crippen molar-refractivity contribution < 1.29 is 9.94 Å². The average molecular weight is 259 g/mol. The van der Waals surface area contributed by atoms with Crippen molar-refractivity contribution in [2.45, 2.75) is 30.1 Å². The van der Waals surface area contributed by atoms with E-state index in [1.807, 2.05) is 6.26 Å². The molecule has 0 spiro atoms. The molecule has 0 radical (unpaired) electrons. The van der Waals surface area contributed by atoms with Gasteiger partial charge in [0.2, 0.25) is 0 Å². The van der Waals surface area contributed by atoms with Crippen LogP contribution in [0, 0.1) is 0 Å². The Morgan fingerprint density at radius 2 is 2.24 bits per heavy atom. The molecular weight excluding hydrogens is 238 g/mol. The normalized spacial score (nSPS) is 30.6. The minimum atomic E-state index is -0.176. The molecule has 2 aliphatic rings. The minimum Gasteiger partial charge on any atom is -0.409 e. The second-order valence-corrected chi connectivity index (χ2v) is 5.93. The van der Waals surface area contributed by atoms with Crippen molar-refractivity contribution in [1.29, 1.82) is 0 Å². The highest BCUT2D eigenvalue weighted by Gasteiger charge is 2.40. The Morgan fingerprint density at radius 3 is 2.71 bits per heavy atom. The second kappa shape index (κ2) is 5.46. The van der Waals surface area contributed by atoms with Crippen LogP contribution in [0.25, 0.3) is 0 Å². The van der Waals surface area contributed by atoms with Crippen molar-refractivity contribution in [3.8, 4) is 0 Å². The van der Waals surface area contributed by atoms with E-state index in [1.165, 1.54) is 0 Å². The van der Waals surface area contributed by atoms with Gasteiger partial charge >= 0.3 is 0 Å². The van der Waals surface area contributed by atoms with Crippen molar-refractivity contribution in [3.63, 3.8) is 0 Å². The standard InChI is InChI=1S/C11H21N3O2S/c1-17-11(10(12)13-15)3-5-14(6-4-11)9-2-7-16-8-9/h9,15H,2-8H2,1H3,(H2,12,13). The van der Waals surface area contributed by atoms with Crippen LogP contribution in [0.5, 0.6) is 0 Å². The summed E-state index contributed by atoms with van der Waals surface area (Å²) in [5.41, 5.74) is 5.83. The quantitative estimate of drug-likeness (QED) is 0.338. The summed E-state index contributed by atoms with van der Waals surface area (Å²) in [7, 11) is 0. The SMILES string of the molecule is CSC1(C(N)=NO)CCN(C2CCOC2)CC1. The van der Waals surface area contributed by atoms with Gasteiger partial charge in [0.25, 0.3) is 0 Å². The molecule has 3 N–H and O–H groups in total. The van der Waals surface area contributed by atoms with Crippen molar-refractivity contribution in [3.05, 3.63) is 0 Å². The minimum absolute atomic E-state index is 0.176. The van der Waals surface area contributed by atoms with Crippen molar-refractivity contribution in [2.75, 3.05) is 32.6 Å². The summed E-state index contributed by atoms with van der Waals surface area (Å²) in [4.78, 5) is 2.48. The number of oxime groups is 1. The van der Waals surface area contributed by atoms with Gasteiger partial charge in [-0.05, 0) is 25.5 Å². The van der Waals surface area contributed by atoms with Crippen LogP contribution in [-0.4, -0.2) is 59.3 Å². The maximum atomic E-state index is 8.88. The zero-order valence-electron chi connectivity index (χ0n) is 10.3. The molecule has 0 amide bonds. The van der Waals surface area contributed by atoms with Gasteiger partial charge in [-0.2, -0.15) is 11.8 Å². The molecular formula is C11H21N3O2S. The van der Waals surface area contributed by atoms with E-state index in [4.69, 9.17) is 15.7 Å². The van der Waals surface area contributed by atoms with Crippen LogP contribution in [0.2, 0.25) is 0 Å². The summed E-state index contributed by atoms with van der Waals surface area (Å²) >= 11 is 1.70. The molecule has 2 saturated heterocycles. The van der Waals surface area contributed by atoms with Crippen LogP contribution in [0.15, 0.2) is 5.16 Å². The Balaban J connectivity index is 1.95. The summed E-state index contributed by atoms with van der Waals surface area (Å²) in [6.07, 6.45) is 5.06. The highest BCUT2D eigenvalue weighted by Crippen LogP contribution is 2.35. The van der Waals surface area contributed by atoms with Gasteiger partial charge in [0.15, 0.2) is 5.84 Å². The summed E-state index contributed by atoms with van der Waals surface area (Å²) < 4.78 is 5.25. The van der Waals surface area contributed by atoms with E-state index in [1.54, 1.807) is 11.8 Å². The van der Waals surface area contributed by atoms with E-state index in [2.05, 4.69) is 10.1 Å². The molecule has 98 valence electrons. The lowest BCUT2D eigenvalue weighted by atomic mass is 9.93. The molecule has 0 aliphatic carbocycles. The van der Waals surface area contributed by atoms with Gasteiger partial charge in [0, 0.05) is 25.7 Å². The lowest BCUT2D eigenvalue weighted by Crippen LogP contribution is -2.52. The van der Waals surface area contributed by atoms with E-state index in [0.717, 1.165) is 45.6 Å². The summed E-state index contributed by atoms with van der Waals surface area (Å²) in [5.74, 6) is 0.368. The van der Waals surface area contributed by atoms with Gasteiger partial charge in [-0.25, -0.2) is 0 Å². The molecule has 2 rings (SSSR count). The third-order valence-corrected chi connectivity index (χ3v) is 5.39. The highest BCUT2D eigenvalue weighted by molar-refractivity contribution is 8.00. The van der Waals surface area contributed by atoms with Crippen LogP contribution < -0.4 is 5.73 Å². The zero-order chi connectivity index (χ0) is 12.3. The predicted molar refractivity (Wildman–Crippen MR) is 69.7 cm³/mol. The van der Waals surface area contributed by atoms with E-state index in [9.17, 15) is 0 Å². The van der Waals surface area contributed by atoms with Crippen LogP contribution >= 0.6 is 11.8 Å². The Labute approximate surface area is 106 Å².